The Kier molecular flexibility index (Phi) is 2.70. The van der Waals surface area contributed by atoms with Crippen LogP contribution >= 0.6 is 24.2 Å². The normalized spacial score (nSPS) is 21.1. The zero-order valence-electron chi connectivity index (χ0n) is 7.72. The topological polar surface area (TPSA) is 72.1 Å². The highest BCUT2D eigenvalue weighted by Crippen LogP contribution is 2.24. The third-order valence-corrected chi connectivity index (χ3v) is 2.62. The van der Waals surface area contributed by atoms with Crippen molar-refractivity contribution in [3.8, 4) is 0 Å². The Labute approximate surface area is 97.0 Å². The van der Waals surface area contributed by atoms with Crippen LogP contribution in [0.2, 0.25) is 5.15 Å². The molecule has 2 N–H and O–H groups in total. The average Bonchev–Trinajstić information content (AvgIpc) is 2.43. The van der Waals surface area contributed by atoms with Crippen LogP contribution < -0.4 is 10.6 Å². The molecule has 0 aromatic carbocycles. The molecular weight excluding hydrogens is 236 g/mol. The molecule has 0 spiro atoms. The van der Waals surface area contributed by atoms with E-state index in [0.717, 1.165) is 0 Å². The number of amides is 1. The number of aromatic nitrogens is 2. The largest absolute Gasteiger partial charge is 0.368 e. The molecule has 0 radical (unpaired) electrons. The number of hydrogen-bond acceptors (Lipinski definition) is 5. The standard InChI is InChI=1S/C8H9ClN4OS/c9-5-2-6(12-8(10)11-5)13-3-4(15)1-7(13)14/h2,4,15H,1,3H2,(H2,10,11,12). The Balaban J connectivity index is 2.33. The van der Waals surface area contributed by atoms with Crippen molar-refractivity contribution < 1.29 is 4.79 Å². The van der Waals surface area contributed by atoms with Gasteiger partial charge < -0.3 is 5.73 Å². The molecular formula is C8H9ClN4OS. The van der Waals surface area contributed by atoms with Gasteiger partial charge in [-0.25, -0.2) is 4.98 Å². The Morgan fingerprint density at radius 2 is 2.33 bits per heavy atom. The predicted molar refractivity (Wildman–Crippen MR) is 61.2 cm³/mol. The van der Waals surface area contributed by atoms with Gasteiger partial charge in [-0.2, -0.15) is 17.6 Å². The number of anilines is 2. The highest BCUT2D eigenvalue weighted by Gasteiger charge is 2.29. The van der Waals surface area contributed by atoms with E-state index in [0.29, 0.717) is 18.8 Å². The zero-order chi connectivity index (χ0) is 11.0. The Hall–Kier alpha value is -1.01. The van der Waals surface area contributed by atoms with E-state index in [4.69, 9.17) is 17.3 Å². The fourth-order valence-corrected chi connectivity index (χ4v) is 1.97. The lowest BCUT2D eigenvalue weighted by Crippen LogP contribution is -2.26. The molecule has 80 valence electrons. The first kappa shape index (κ1) is 10.5. The van der Waals surface area contributed by atoms with Crippen LogP contribution in [0.5, 0.6) is 0 Å². The molecule has 1 fully saturated rings. The Bertz CT molecular complexity index is 393. The quantitative estimate of drug-likeness (QED) is 0.565. The molecule has 1 aliphatic rings. The van der Waals surface area contributed by atoms with E-state index in [1.165, 1.54) is 11.0 Å². The molecule has 0 bridgehead atoms. The summed E-state index contributed by atoms with van der Waals surface area (Å²) >= 11 is 9.97. The number of halogens is 1. The van der Waals surface area contributed by atoms with Crippen molar-refractivity contribution in [1.29, 1.82) is 0 Å². The van der Waals surface area contributed by atoms with E-state index in [1.54, 1.807) is 0 Å². The summed E-state index contributed by atoms with van der Waals surface area (Å²) in [5.74, 6) is 0.478. The van der Waals surface area contributed by atoms with Gasteiger partial charge in [-0.05, 0) is 0 Å². The maximum atomic E-state index is 11.5. The Morgan fingerprint density at radius 3 is 2.87 bits per heavy atom. The van der Waals surface area contributed by atoms with E-state index in [-0.39, 0.29) is 22.3 Å². The summed E-state index contributed by atoms with van der Waals surface area (Å²) in [6.07, 6.45) is 0.407. The van der Waals surface area contributed by atoms with Crippen molar-refractivity contribution in [2.75, 3.05) is 17.2 Å². The molecule has 0 aliphatic carbocycles. The molecule has 2 rings (SSSR count). The van der Waals surface area contributed by atoms with Crippen molar-refractivity contribution in [1.82, 2.24) is 9.97 Å². The second kappa shape index (κ2) is 3.86. The lowest BCUT2D eigenvalue weighted by Gasteiger charge is -2.14. The predicted octanol–water partition coefficient (Wildman–Crippen LogP) is 0.747. The van der Waals surface area contributed by atoms with Crippen LogP contribution in [0, 0.1) is 0 Å². The maximum absolute atomic E-state index is 11.5. The van der Waals surface area contributed by atoms with E-state index < -0.39 is 0 Å². The van der Waals surface area contributed by atoms with Crippen LogP contribution in [-0.4, -0.2) is 27.7 Å². The summed E-state index contributed by atoms with van der Waals surface area (Å²) in [6, 6.07) is 1.52. The SMILES string of the molecule is Nc1nc(Cl)cc(N2CC(S)CC2=O)n1. The number of carbonyl (C=O) groups is 1. The van der Waals surface area contributed by atoms with Crippen molar-refractivity contribution in [2.45, 2.75) is 11.7 Å². The minimum absolute atomic E-state index is 0.0239. The van der Waals surface area contributed by atoms with Crippen LogP contribution in [-0.2, 0) is 4.79 Å². The highest BCUT2D eigenvalue weighted by atomic mass is 35.5. The average molecular weight is 245 g/mol. The summed E-state index contributed by atoms with van der Waals surface area (Å²) in [6.45, 7) is 0.523. The first-order valence-corrected chi connectivity index (χ1v) is 5.24. The number of hydrogen-bond donors (Lipinski definition) is 2. The third kappa shape index (κ3) is 2.15. The van der Waals surface area contributed by atoms with Gasteiger partial charge in [0.25, 0.3) is 0 Å². The van der Waals surface area contributed by atoms with E-state index in [2.05, 4.69) is 22.6 Å². The zero-order valence-corrected chi connectivity index (χ0v) is 9.37. The number of nitrogens with two attached hydrogens (primary N) is 1. The molecule has 1 aromatic heterocycles. The molecule has 1 unspecified atom stereocenters. The number of carbonyl (C=O) groups excluding carboxylic acids is 1. The monoisotopic (exact) mass is 244 g/mol. The van der Waals surface area contributed by atoms with Gasteiger partial charge in [-0.15, -0.1) is 0 Å². The molecule has 15 heavy (non-hydrogen) atoms. The minimum atomic E-state index is -0.0239. The van der Waals surface area contributed by atoms with Crippen molar-refractivity contribution in [2.24, 2.45) is 0 Å². The lowest BCUT2D eigenvalue weighted by molar-refractivity contribution is -0.117. The third-order valence-electron chi connectivity index (χ3n) is 2.08. The summed E-state index contributed by atoms with van der Waals surface area (Å²) < 4.78 is 0. The van der Waals surface area contributed by atoms with Gasteiger partial charge in [0, 0.05) is 24.3 Å². The maximum Gasteiger partial charge on any atom is 0.229 e. The molecule has 7 heteroatoms. The fraction of sp³-hybridized carbons (Fsp3) is 0.375. The fourth-order valence-electron chi connectivity index (χ4n) is 1.47. The summed E-state index contributed by atoms with van der Waals surface area (Å²) in [5, 5.41) is 0.264. The van der Waals surface area contributed by atoms with Gasteiger partial charge >= 0.3 is 0 Å². The summed E-state index contributed by atoms with van der Waals surface area (Å²) in [4.78, 5) is 20.7. The van der Waals surface area contributed by atoms with Crippen molar-refractivity contribution in [3.63, 3.8) is 0 Å². The summed E-state index contributed by atoms with van der Waals surface area (Å²) in [5.41, 5.74) is 5.44. The minimum Gasteiger partial charge on any atom is -0.368 e. The molecule has 0 saturated carbocycles. The molecule has 1 aliphatic heterocycles. The van der Waals surface area contributed by atoms with Crippen molar-refractivity contribution in [3.05, 3.63) is 11.2 Å². The van der Waals surface area contributed by atoms with Crippen LogP contribution in [0.3, 0.4) is 0 Å². The molecule has 1 atom stereocenters. The molecule has 1 aromatic rings. The molecule has 5 nitrogen and oxygen atoms in total. The molecule has 1 saturated heterocycles. The van der Waals surface area contributed by atoms with Crippen molar-refractivity contribution >= 4 is 41.9 Å². The van der Waals surface area contributed by atoms with Gasteiger partial charge in [0.05, 0.1) is 0 Å². The van der Waals surface area contributed by atoms with Gasteiger partial charge in [0.15, 0.2) is 0 Å². The van der Waals surface area contributed by atoms with Crippen LogP contribution in [0.25, 0.3) is 0 Å². The van der Waals surface area contributed by atoms with Crippen LogP contribution in [0.4, 0.5) is 11.8 Å². The second-order valence-corrected chi connectivity index (χ2v) is 4.39. The van der Waals surface area contributed by atoms with E-state index in [1.807, 2.05) is 0 Å². The molecule has 1 amide bonds. The first-order valence-electron chi connectivity index (χ1n) is 4.35. The highest BCUT2D eigenvalue weighted by molar-refractivity contribution is 7.81. The number of rotatable bonds is 1. The number of thiol groups is 1. The lowest BCUT2D eigenvalue weighted by atomic mass is 10.4. The van der Waals surface area contributed by atoms with E-state index in [9.17, 15) is 4.79 Å². The van der Waals surface area contributed by atoms with E-state index >= 15 is 0 Å². The number of nitrogen functional groups attached to an aromatic ring is 1. The smallest absolute Gasteiger partial charge is 0.229 e. The second-order valence-electron chi connectivity index (χ2n) is 3.27. The van der Waals surface area contributed by atoms with Crippen LogP contribution in [0.1, 0.15) is 6.42 Å². The van der Waals surface area contributed by atoms with Gasteiger partial charge in [-0.3, -0.25) is 9.69 Å². The Morgan fingerprint density at radius 1 is 1.60 bits per heavy atom. The number of nitrogens with zero attached hydrogens (tertiary/aromatic N) is 3. The van der Waals surface area contributed by atoms with Crippen LogP contribution in [0.15, 0.2) is 6.07 Å². The summed E-state index contributed by atoms with van der Waals surface area (Å²) in [7, 11) is 0. The first-order chi connectivity index (χ1) is 7.06. The van der Waals surface area contributed by atoms with Gasteiger partial charge in [-0.1, -0.05) is 11.6 Å². The molecule has 2 heterocycles. The van der Waals surface area contributed by atoms with Gasteiger partial charge in [0.2, 0.25) is 11.9 Å². The van der Waals surface area contributed by atoms with Gasteiger partial charge in [0.1, 0.15) is 11.0 Å².